The molecular formula is C25H19Cl2NO4. The summed E-state index contributed by atoms with van der Waals surface area (Å²) in [4.78, 5) is 16.6. The summed E-state index contributed by atoms with van der Waals surface area (Å²) in [5.41, 5.74) is 3.68. The van der Waals surface area contributed by atoms with Crippen molar-refractivity contribution in [2.45, 2.75) is 13.5 Å². The van der Waals surface area contributed by atoms with Gasteiger partial charge in [-0.05, 0) is 60.5 Å². The van der Waals surface area contributed by atoms with Crippen LogP contribution in [0.5, 0.6) is 11.5 Å². The molecule has 32 heavy (non-hydrogen) atoms. The van der Waals surface area contributed by atoms with E-state index in [9.17, 15) is 4.79 Å². The summed E-state index contributed by atoms with van der Waals surface area (Å²) in [7, 11) is 1.55. The van der Waals surface area contributed by atoms with Gasteiger partial charge in [0.25, 0.3) is 0 Å². The fraction of sp³-hybridized carbons (Fsp3) is 0.120. The van der Waals surface area contributed by atoms with E-state index < -0.39 is 5.97 Å². The molecule has 0 bridgehead atoms. The molecule has 0 radical (unpaired) electrons. The summed E-state index contributed by atoms with van der Waals surface area (Å²) in [6, 6.07) is 18.3. The van der Waals surface area contributed by atoms with Crippen LogP contribution < -0.4 is 9.47 Å². The molecule has 1 aliphatic rings. The summed E-state index contributed by atoms with van der Waals surface area (Å²) in [6.45, 7) is 2.28. The van der Waals surface area contributed by atoms with Gasteiger partial charge < -0.3 is 14.2 Å². The molecule has 5 nitrogen and oxygen atoms in total. The minimum absolute atomic E-state index is 0.215. The van der Waals surface area contributed by atoms with E-state index in [1.54, 1.807) is 37.5 Å². The number of carbonyl (C=O) groups excluding carboxylic acids is 1. The number of carbonyl (C=O) groups is 1. The lowest BCUT2D eigenvalue weighted by Crippen LogP contribution is -2.05. The third-order valence-electron chi connectivity index (χ3n) is 4.79. The van der Waals surface area contributed by atoms with Crippen LogP contribution in [0.2, 0.25) is 10.0 Å². The van der Waals surface area contributed by atoms with Crippen molar-refractivity contribution < 1.29 is 19.0 Å². The van der Waals surface area contributed by atoms with E-state index in [0.717, 1.165) is 22.3 Å². The molecule has 162 valence electrons. The lowest BCUT2D eigenvalue weighted by molar-refractivity contribution is -0.129. The number of nitrogens with zero attached hydrogens (tertiary/aromatic N) is 1. The van der Waals surface area contributed by atoms with Gasteiger partial charge in [-0.15, -0.1) is 0 Å². The minimum Gasteiger partial charge on any atom is -0.493 e. The molecule has 3 aromatic rings. The van der Waals surface area contributed by atoms with Gasteiger partial charge in [-0.2, -0.15) is 0 Å². The Morgan fingerprint density at radius 3 is 2.47 bits per heavy atom. The van der Waals surface area contributed by atoms with E-state index in [4.69, 9.17) is 37.4 Å². The van der Waals surface area contributed by atoms with Crippen LogP contribution in [-0.4, -0.2) is 19.0 Å². The standard InChI is InChI=1S/C25H19Cl2NO4/c1-15-3-7-18(8-4-15)24-28-21(25(29)32-24)12-16-6-10-22(23(13-16)30-2)31-14-17-5-9-19(26)20(27)11-17/h3-13H,14H2,1-2H3. The SMILES string of the molecule is COc1cc(C=C2N=C(c3ccc(C)cc3)OC2=O)ccc1OCc1ccc(Cl)c(Cl)c1. The number of aryl methyl sites for hydroxylation is 1. The number of cyclic esters (lactones) is 1. The van der Waals surface area contributed by atoms with Gasteiger partial charge in [0.1, 0.15) is 6.61 Å². The molecule has 3 aromatic carbocycles. The molecule has 0 saturated heterocycles. The van der Waals surface area contributed by atoms with Crippen molar-refractivity contribution in [1.82, 2.24) is 0 Å². The van der Waals surface area contributed by atoms with Gasteiger partial charge in [-0.25, -0.2) is 9.79 Å². The lowest BCUT2D eigenvalue weighted by Gasteiger charge is -2.12. The maximum absolute atomic E-state index is 12.3. The van der Waals surface area contributed by atoms with Gasteiger partial charge in [0.05, 0.1) is 17.2 Å². The third-order valence-corrected chi connectivity index (χ3v) is 5.53. The highest BCUT2D eigenvalue weighted by Crippen LogP contribution is 2.31. The van der Waals surface area contributed by atoms with Gasteiger partial charge in [0.2, 0.25) is 5.90 Å². The Labute approximate surface area is 195 Å². The number of aliphatic imine (C=N–C) groups is 1. The van der Waals surface area contributed by atoms with E-state index in [1.807, 2.05) is 43.3 Å². The van der Waals surface area contributed by atoms with Crippen molar-refractivity contribution >= 4 is 41.1 Å². The summed E-state index contributed by atoms with van der Waals surface area (Å²) in [6.07, 6.45) is 1.65. The molecular weight excluding hydrogens is 449 g/mol. The summed E-state index contributed by atoms with van der Waals surface area (Å²) in [5, 5.41) is 0.958. The van der Waals surface area contributed by atoms with Crippen LogP contribution in [0.3, 0.4) is 0 Å². The highest BCUT2D eigenvalue weighted by Gasteiger charge is 2.24. The second kappa shape index (κ2) is 9.47. The average molecular weight is 468 g/mol. The highest BCUT2D eigenvalue weighted by atomic mass is 35.5. The molecule has 0 atom stereocenters. The van der Waals surface area contributed by atoms with Crippen molar-refractivity contribution in [1.29, 1.82) is 0 Å². The van der Waals surface area contributed by atoms with Crippen LogP contribution in [0.1, 0.15) is 22.3 Å². The first kappa shape index (κ1) is 21.9. The molecule has 4 rings (SSSR count). The van der Waals surface area contributed by atoms with Crippen LogP contribution in [-0.2, 0) is 16.1 Å². The zero-order valence-electron chi connectivity index (χ0n) is 17.4. The fourth-order valence-electron chi connectivity index (χ4n) is 3.07. The number of methoxy groups -OCH3 is 1. The van der Waals surface area contributed by atoms with Crippen molar-refractivity contribution in [3.63, 3.8) is 0 Å². The number of halogens is 2. The predicted molar refractivity (Wildman–Crippen MR) is 126 cm³/mol. The highest BCUT2D eigenvalue weighted by molar-refractivity contribution is 6.42. The Hall–Kier alpha value is -3.28. The zero-order chi connectivity index (χ0) is 22.7. The molecule has 1 heterocycles. The molecule has 0 aliphatic carbocycles. The molecule has 7 heteroatoms. The molecule has 0 spiro atoms. The van der Waals surface area contributed by atoms with E-state index in [-0.39, 0.29) is 11.6 Å². The topological polar surface area (TPSA) is 57.1 Å². The van der Waals surface area contributed by atoms with Crippen molar-refractivity contribution in [3.05, 3.63) is 98.7 Å². The van der Waals surface area contributed by atoms with Crippen LogP contribution >= 0.6 is 23.2 Å². The maximum Gasteiger partial charge on any atom is 0.363 e. The Balaban J connectivity index is 1.53. The second-order valence-electron chi connectivity index (χ2n) is 7.15. The summed E-state index contributed by atoms with van der Waals surface area (Å²) >= 11 is 12.0. The van der Waals surface area contributed by atoms with Crippen molar-refractivity contribution in [3.8, 4) is 11.5 Å². The van der Waals surface area contributed by atoms with Gasteiger partial charge in [-0.3, -0.25) is 0 Å². The molecule has 0 aromatic heterocycles. The smallest absolute Gasteiger partial charge is 0.363 e. The monoisotopic (exact) mass is 467 g/mol. The Kier molecular flexibility index (Phi) is 6.49. The van der Waals surface area contributed by atoms with Crippen LogP contribution in [0.4, 0.5) is 0 Å². The maximum atomic E-state index is 12.3. The normalized spacial score (nSPS) is 14.3. The van der Waals surface area contributed by atoms with E-state index >= 15 is 0 Å². The number of ether oxygens (including phenoxy) is 3. The van der Waals surface area contributed by atoms with Gasteiger partial charge >= 0.3 is 5.97 Å². The molecule has 0 fully saturated rings. The lowest BCUT2D eigenvalue weighted by atomic mass is 10.1. The quantitative estimate of drug-likeness (QED) is 0.318. The van der Waals surface area contributed by atoms with E-state index in [0.29, 0.717) is 28.2 Å². The van der Waals surface area contributed by atoms with E-state index in [2.05, 4.69) is 4.99 Å². The number of rotatable bonds is 6. The minimum atomic E-state index is -0.500. The van der Waals surface area contributed by atoms with E-state index in [1.165, 1.54) is 0 Å². The van der Waals surface area contributed by atoms with Gasteiger partial charge in [0, 0.05) is 5.56 Å². The number of hydrogen-bond donors (Lipinski definition) is 0. The Bertz CT molecular complexity index is 1230. The Morgan fingerprint density at radius 1 is 0.969 bits per heavy atom. The van der Waals surface area contributed by atoms with Crippen molar-refractivity contribution in [2.24, 2.45) is 4.99 Å². The number of hydrogen-bond acceptors (Lipinski definition) is 5. The summed E-state index contributed by atoms with van der Waals surface area (Å²) in [5.74, 6) is 0.862. The first-order valence-electron chi connectivity index (χ1n) is 9.77. The largest absolute Gasteiger partial charge is 0.493 e. The first-order chi connectivity index (χ1) is 15.4. The zero-order valence-corrected chi connectivity index (χ0v) is 18.9. The van der Waals surface area contributed by atoms with Gasteiger partial charge in [-0.1, -0.05) is 53.0 Å². The molecule has 0 saturated carbocycles. The number of benzene rings is 3. The molecule has 0 N–H and O–H groups in total. The van der Waals surface area contributed by atoms with Crippen LogP contribution in [0.25, 0.3) is 6.08 Å². The third kappa shape index (κ3) is 4.96. The first-order valence-corrected chi connectivity index (χ1v) is 10.5. The second-order valence-corrected chi connectivity index (χ2v) is 7.96. The molecule has 1 aliphatic heterocycles. The van der Waals surface area contributed by atoms with Crippen molar-refractivity contribution in [2.75, 3.05) is 7.11 Å². The van der Waals surface area contributed by atoms with Crippen LogP contribution in [0, 0.1) is 6.92 Å². The van der Waals surface area contributed by atoms with Crippen LogP contribution in [0.15, 0.2) is 71.4 Å². The summed E-state index contributed by atoms with van der Waals surface area (Å²) < 4.78 is 16.7. The number of esters is 1. The Morgan fingerprint density at radius 2 is 1.75 bits per heavy atom. The molecule has 0 unspecified atom stereocenters. The predicted octanol–water partition coefficient (Wildman–Crippen LogP) is 6.23. The average Bonchev–Trinajstić information content (AvgIpc) is 3.15. The fourth-order valence-corrected chi connectivity index (χ4v) is 3.39. The van der Waals surface area contributed by atoms with Gasteiger partial charge in [0.15, 0.2) is 17.2 Å². The molecule has 0 amide bonds.